The van der Waals surface area contributed by atoms with Gasteiger partial charge in [0.1, 0.15) is 5.60 Å². The number of esters is 1. The van der Waals surface area contributed by atoms with Gasteiger partial charge < -0.3 is 9.47 Å². The van der Waals surface area contributed by atoms with Crippen LogP contribution in [0.4, 0.5) is 0 Å². The van der Waals surface area contributed by atoms with Gasteiger partial charge in [0.25, 0.3) is 0 Å². The van der Waals surface area contributed by atoms with Crippen molar-refractivity contribution in [3.05, 3.63) is 82.9 Å². The zero-order valence-electron chi connectivity index (χ0n) is 15.3. The van der Waals surface area contributed by atoms with E-state index in [-0.39, 0.29) is 18.2 Å². The molecule has 2 aromatic rings. The molecule has 0 N–H and O–H groups in total. The van der Waals surface area contributed by atoms with Gasteiger partial charge in [0.15, 0.2) is 0 Å². The molecule has 2 aliphatic rings. The van der Waals surface area contributed by atoms with Crippen molar-refractivity contribution in [1.82, 2.24) is 0 Å². The Morgan fingerprint density at radius 3 is 1.85 bits per heavy atom. The van der Waals surface area contributed by atoms with Crippen LogP contribution in [0.1, 0.15) is 53.7 Å². The molecule has 0 aliphatic carbocycles. The average Bonchev–Trinajstić information content (AvgIpc) is 2.88. The van der Waals surface area contributed by atoms with Crippen molar-refractivity contribution >= 4 is 5.97 Å². The standard InChI is InChI=1S/C23H24O3/c1-15-8-4-6-10-18(15)20-13-23(12-17(3)22(24)26-23)14-21(25-20)19-11-7-5-9-16(19)2/h4-11,20-21H,3,12-14H2,1-2H3/t20-,21-/m0/s1. The Kier molecular flexibility index (Phi) is 4.20. The summed E-state index contributed by atoms with van der Waals surface area (Å²) in [5.41, 5.74) is 4.77. The summed E-state index contributed by atoms with van der Waals surface area (Å²) in [5, 5.41) is 0. The molecule has 3 heteroatoms. The molecule has 2 fully saturated rings. The van der Waals surface area contributed by atoms with Gasteiger partial charge in [0.2, 0.25) is 0 Å². The Labute approximate surface area is 154 Å². The van der Waals surface area contributed by atoms with Crippen molar-refractivity contribution in [1.29, 1.82) is 0 Å². The van der Waals surface area contributed by atoms with Crippen molar-refractivity contribution < 1.29 is 14.3 Å². The van der Waals surface area contributed by atoms with Crippen molar-refractivity contribution in [3.63, 3.8) is 0 Å². The van der Waals surface area contributed by atoms with Crippen molar-refractivity contribution in [3.8, 4) is 0 Å². The number of carbonyl (C=O) groups is 1. The van der Waals surface area contributed by atoms with E-state index in [9.17, 15) is 4.79 Å². The highest BCUT2D eigenvalue weighted by atomic mass is 16.6. The minimum atomic E-state index is -0.522. The molecule has 2 aromatic carbocycles. The average molecular weight is 348 g/mol. The van der Waals surface area contributed by atoms with E-state index in [0.29, 0.717) is 24.8 Å². The molecule has 2 heterocycles. The van der Waals surface area contributed by atoms with Gasteiger partial charge in [-0.05, 0) is 36.1 Å². The fourth-order valence-electron chi connectivity index (χ4n) is 4.31. The van der Waals surface area contributed by atoms with E-state index in [0.717, 1.165) is 0 Å². The smallest absolute Gasteiger partial charge is 0.334 e. The molecule has 2 saturated heterocycles. The van der Waals surface area contributed by atoms with E-state index < -0.39 is 5.60 Å². The second kappa shape index (κ2) is 6.40. The molecule has 134 valence electrons. The summed E-state index contributed by atoms with van der Waals surface area (Å²) >= 11 is 0. The molecule has 0 radical (unpaired) electrons. The molecule has 0 amide bonds. The minimum absolute atomic E-state index is 0.103. The van der Waals surface area contributed by atoms with Crippen LogP contribution in [0.3, 0.4) is 0 Å². The van der Waals surface area contributed by atoms with Crippen LogP contribution in [0.2, 0.25) is 0 Å². The van der Waals surface area contributed by atoms with Crippen LogP contribution in [-0.2, 0) is 14.3 Å². The molecule has 0 aromatic heterocycles. The number of rotatable bonds is 2. The third-order valence-electron chi connectivity index (χ3n) is 5.65. The molecule has 2 atom stereocenters. The van der Waals surface area contributed by atoms with Gasteiger partial charge in [-0.15, -0.1) is 0 Å². The normalized spacial score (nSPS) is 28.4. The first-order valence-electron chi connectivity index (χ1n) is 9.15. The van der Waals surface area contributed by atoms with Crippen LogP contribution < -0.4 is 0 Å². The van der Waals surface area contributed by atoms with Gasteiger partial charge in [-0.1, -0.05) is 55.1 Å². The highest BCUT2D eigenvalue weighted by Crippen LogP contribution is 2.51. The lowest BCUT2D eigenvalue weighted by Gasteiger charge is -2.42. The summed E-state index contributed by atoms with van der Waals surface area (Å²) < 4.78 is 12.4. The first kappa shape index (κ1) is 17.0. The van der Waals surface area contributed by atoms with Crippen molar-refractivity contribution in [2.45, 2.75) is 50.9 Å². The Balaban J connectivity index is 1.74. The number of hydrogen-bond acceptors (Lipinski definition) is 3. The largest absolute Gasteiger partial charge is 0.455 e. The van der Waals surface area contributed by atoms with Gasteiger partial charge in [0, 0.05) is 24.8 Å². The third-order valence-corrected chi connectivity index (χ3v) is 5.65. The highest BCUT2D eigenvalue weighted by Gasteiger charge is 2.50. The number of benzene rings is 2. The summed E-state index contributed by atoms with van der Waals surface area (Å²) in [7, 11) is 0. The Morgan fingerprint density at radius 2 is 1.42 bits per heavy atom. The molecular formula is C23H24O3. The fraction of sp³-hybridized carbons (Fsp3) is 0.348. The monoisotopic (exact) mass is 348 g/mol. The SMILES string of the molecule is C=C1CC2(C[C@@H](c3ccccc3C)O[C@H](c3ccccc3C)C2)OC1=O. The summed E-state index contributed by atoms with van der Waals surface area (Å²) in [6, 6.07) is 16.6. The van der Waals surface area contributed by atoms with Crippen LogP contribution in [0, 0.1) is 13.8 Å². The van der Waals surface area contributed by atoms with E-state index in [1.807, 2.05) is 24.3 Å². The highest BCUT2D eigenvalue weighted by molar-refractivity contribution is 5.90. The maximum absolute atomic E-state index is 12.1. The second-order valence-corrected chi connectivity index (χ2v) is 7.59. The Bertz CT molecular complexity index is 796. The summed E-state index contributed by atoms with van der Waals surface area (Å²) in [6.07, 6.45) is 1.72. The molecule has 0 unspecified atom stereocenters. The molecule has 3 nitrogen and oxygen atoms in total. The van der Waals surface area contributed by atoms with Gasteiger partial charge in [-0.25, -0.2) is 4.79 Å². The van der Waals surface area contributed by atoms with Crippen LogP contribution in [0.5, 0.6) is 0 Å². The zero-order valence-corrected chi connectivity index (χ0v) is 15.3. The number of aryl methyl sites for hydroxylation is 2. The van der Waals surface area contributed by atoms with E-state index in [1.54, 1.807) is 0 Å². The van der Waals surface area contributed by atoms with E-state index in [1.165, 1.54) is 22.3 Å². The van der Waals surface area contributed by atoms with Crippen LogP contribution in [-0.4, -0.2) is 11.6 Å². The molecule has 4 rings (SSSR count). The number of carbonyl (C=O) groups excluding carboxylic acids is 1. The van der Waals surface area contributed by atoms with Crippen molar-refractivity contribution in [2.75, 3.05) is 0 Å². The molecule has 26 heavy (non-hydrogen) atoms. The molecule has 0 saturated carbocycles. The maximum atomic E-state index is 12.1. The Hall–Kier alpha value is -2.39. The van der Waals surface area contributed by atoms with Crippen LogP contribution in [0.25, 0.3) is 0 Å². The van der Waals surface area contributed by atoms with Crippen LogP contribution in [0.15, 0.2) is 60.7 Å². The van der Waals surface area contributed by atoms with E-state index >= 15 is 0 Å². The summed E-state index contributed by atoms with van der Waals surface area (Å²) in [6.45, 7) is 8.10. The first-order valence-corrected chi connectivity index (χ1v) is 9.15. The zero-order chi connectivity index (χ0) is 18.3. The van der Waals surface area contributed by atoms with E-state index in [2.05, 4.69) is 44.7 Å². The van der Waals surface area contributed by atoms with Crippen LogP contribution >= 0.6 is 0 Å². The molecular weight excluding hydrogens is 324 g/mol. The predicted octanol–water partition coefficient (Wildman–Crippen LogP) is 5.14. The van der Waals surface area contributed by atoms with Gasteiger partial charge >= 0.3 is 5.97 Å². The fourth-order valence-corrected chi connectivity index (χ4v) is 4.31. The van der Waals surface area contributed by atoms with Gasteiger partial charge in [0.05, 0.1) is 12.2 Å². The van der Waals surface area contributed by atoms with Crippen molar-refractivity contribution in [2.24, 2.45) is 0 Å². The van der Waals surface area contributed by atoms with E-state index in [4.69, 9.17) is 9.47 Å². The van der Waals surface area contributed by atoms with Gasteiger partial charge in [-0.2, -0.15) is 0 Å². The summed E-state index contributed by atoms with van der Waals surface area (Å²) in [4.78, 5) is 12.1. The Morgan fingerprint density at radius 1 is 0.923 bits per heavy atom. The second-order valence-electron chi connectivity index (χ2n) is 7.59. The number of ether oxygens (including phenoxy) is 2. The lowest BCUT2D eigenvalue weighted by Crippen LogP contribution is -2.39. The third kappa shape index (κ3) is 2.97. The minimum Gasteiger partial charge on any atom is -0.455 e. The predicted molar refractivity (Wildman–Crippen MR) is 101 cm³/mol. The maximum Gasteiger partial charge on any atom is 0.334 e. The molecule has 0 bridgehead atoms. The number of hydrogen-bond donors (Lipinski definition) is 0. The quantitative estimate of drug-likeness (QED) is 0.557. The lowest BCUT2D eigenvalue weighted by molar-refractivity contribution is -0.173. The first-order chi connectivity index (χ1) is 12.5. The molecule has 1 spiro atoms. The lowest BCUT2D eigenvalue weighted by atomic mass is 9.79. The topological polar surface area (TPSA) is 35.5 Å². The summed E-state index contributed by atoms with van der Waals surface area (Å²) in [5.74, 6) is -0.265. The molecule has 2 aliphatic heterocycles. The van der Waals surface area contributed by atoms with Gasteiger partial charge in [-0.3, -0.25) is 0 Å².